The number of quaternary nitrogens is 1. The molecule has 3 N–H and O–H groups in total. The van der Waals surface area contributed by atoms with Gasteiger partial charge in [0.15, 0.2) is 6.04 Å². The van der Waals surface area contributed by atoms with Crippen molar-refractivity contribution in [3.63, 3.8) is 0 Å². The van der Waals surface area contributed by atoms with Crippen LogP contribution < -0.4 is 15.4 Å². The average Bonchev–Trinajstić information content (AvgIpc) is 2.78. The number of methoxy groups -OCH3 is 1. The Kier molecular flexibility index (Phi) is 6.17. The van der Waals surface area contributed by atoms with E-state index in [2.05, 4.69) is 34.9 Å². The number of amides is 1. The van der Waals surface area contributed by atoms with Crippen molar-refractivity contribution in [3.8, 4) is 5.75 Å². The summed E-state index contributed by atoms with van der Waals surface area (Å²) in [6.45, 7) is 0. The highest BCUT2D eigenvalue weighted by molar-refractivity contribution is 7.99. The minimum Gasteiger partial charge on any atom is -0.497 e. The molecule has 1 aliphatic rings. The van der Waals surface area contributed by atoms with E-state index in [-0.39, 0.29) is 18.0 Å². The van der Waals surface area contributed by atoms with Crippen molar-refractivity contribution in [2.75, 3.05) is 18.2 Å². The van der Waals surface area contributed by atoms with Crippen LogP contribution in [0.5, 0.6) is 5.75 Å². The summed E-state index contributed by atoms with van der Waals surface area (Å²) in [7, 11) is 1.63. The van der Waals surface area contributed by atoms with Crippen LogP contribution in [0.1, 0.15) is 29.6 Å². The third-order valence-electron chi connectivity index (χ3n) is 5.21. The van der Waals surface area contributed by atoms with Crippen LogP contribution in [0, 0.1) is 0 Å². The van der Waals surface area contributed by atoms with Gasteiger partial charge in [-0.15, -0.1) is 11.8 Å². The number of hydrogen-bond acceptors (Lipinski definition) is 3. The van der Waals surface area contributed by atoms with Gasteiger partial charge in [0.05, 0.1) is 7.11 Å². The van der Waals surface area contributed by atoms with Crippen molar-refractivity contribution >= 4 is 23.4 Å². The van der Waals surface area contributed by atoms with Crippen LogP contribution in [0.15, 0.2) is 83.8 Å². The maximum atomic E-state index is 13.3. The summed E-state index contributed by atoms with van der Waals surface area (Å²) < 4.78 is 5.28. The summed E-state index contributed by atoms with van der Waals surface area (Å²) in [4.78, 5) is 14.6. The summed E-state index contributed by atoms with van der Waals surface area (Å²) >= 11 is 1.90. The molecule has 4 rings (SSSR count). The Balaban J connectivity index is 1.60. The van der Waals surface area contributed by atoms with E-state index in [0.29, 0.717) is 0 Å². The predicted octanol–water partition coefficient (Wildman–Crippen LogP) is 4.18. The Morgan fingerprint density at radius 2 is 1.86 bits per heavy atom. The van der Waals surface area contributed by atoms with Gasteiger partial charge in [0.2, 0.25) is 0 Å². The first kappa shape index (κ1) is 19.6. The van der Waals surface area contributed by atoms with Crippen LogP contribution in [0.2, 0.25) is 0 Å². The molecule has 29 heavy (non-hydrogen) atoms. The molecule has 0 radical (unpaired) electrons. The van der Waals surface area contributed by atoms with E-state index in [1.807, 2.05) is 66.4 Å². The SMILES string of the molecule is COc1cccc(NC(=O)[C@H]([NH2+][C@@H]2CCSc3ccccc32)c2ccccc2)c1. The zero-order valence-corrected chi connectivity index (χ0v) is 17.2. The number of hydrogen-bond donors (Lipinski definition) is 2. The van der Waals surface area contributed by atoms with Gasteiger partial charge in [-0.05, 0) is 18.2 Å². The van der Waals surface area contributed by atoms with E-state index >= 15 is 0 Å². The predicted molar refractivity (Wildman–Crippen MR) is 117 cm³/mol. The molecule has 0 saturated heterocycles. The minimum atomic E-state index is -0.330. The molecule has 0 aliphatic carbocycles. The number of fused-ring (bicyclic) bond motifs is 1. The molecule has 0 saturated carbocycles. The van der Waals surface area contributed by atoms with Gasteiger partial charge >= 0.3 is 0 Å². The summed E-state index contributed by atoms with van der Waals surface area (Å²) in [6.07, 6.45) is 1.04. The number of thioether (sulfide) groups is 1. The molecule has 1 heterocycles. The average molecular weight is 406 g/mol. The first-order valence-electron chi connectivity index (χ1n) is 9.81. The molecular weight excluding hydrogens is 380 g/mol. The Labute approximate surface area is 175 Å². The second-order valence-corrected chi connectivity index (χ2v) is 8.22. The summed E-state index contributed by atoms with van der Waals surface area (Å²) in [5, 5.41) is 5.29. The highest BCUT2D eigenvalue weighted by Crippen LogP contribution is 2.34. The molecule has 1 aliphatic heterocycles. The lowest BCUT2D eigenvalue weighted by atomic mass is 9.99. The van der Waals surface area contributed by atoms with Crippen molar-refractivity contribution in [3.05, 3.63) is 90.0 Å². The van der Waals surface area contributed by atoms with Crippen molar-refractivity contribution in [2.24, 2.45) is 0 Å². The topological polar surface area (TPSA) is 54.9 Å². The molecule has 3 aromatic rings. The third kappa shape index (κ3) is 4.63. The Bertz CT molecular complexity index is 977. The largest absolute Gasteiger partial charge is 0.497 e. The van der Waals surface area contributed by atoms with E-state index in [4.69, 9.17) is 4.74 Å². The fourth-order valence-corrected chi connectivity index (χ4v) is 4.89. The normalized spacial score (nSPS) is 16.5. The molecule has 1 amide bonds. The maximum absolute atomic E-state index is 13.3. The fraction of sp³-hybridized carbons (Fsp3) is 0.208. The zero-order valence-electron chi connectivity index (χ0n) is 16.4. The second-order valence-electron chi connectivity index (χ2n) is 7.08. The van der Waals surface area contributed by atoms with E-state index in [9.17, 15) is 4.79 Å². The number of benzene rings is 3. The van der Waals surface area contributed by atoms with Gasteiger partial charge in [0.25, 0.3) is 5.91 Å². The molecule has 5 heteroatoms. The Morgan fingerprint density at radius 1 is 1.07 bits per heavy atom. The zero-order chi connectivity index (χ0) is 20.1. The van der Waals surface area contributed by atoms with Crippen molar-refractivity contribution in [1.82, 2.24) is 0 Å². The molecule has 0 unspecified atom stereocenters. The molecule has 0 fully saturated rings. The standard InChI is InChI=1S/C24H24N2O2S/c1-28-19-11-7-10-18(16-19)25-24(27)23(17-8-3-2-4-9-17)26-21-14-15-29-22-13-6-5-12-20(21)22/h2-13,16,21,23,26H,14-15H2,1H3,(H,25,27)/p+1/t21-,23-/m1/s1. The lowest BCUT2D eigenvalue weighted by molar-refractivity contribution is -0.722. The van der Waals surface area contributed by atoms with E-state index < -0.39 is 0 Å². The quantitative estimate of drug-likeness (QED) is 0.647. The molecule has 2 atom stereocenters. The third-order valence-corrected chi connectivity index (χ3v) is 6.33. The van der Waals surface area contributed by atoms with Crippen LogP contribution in [0.25, 0.3) is 0 Å². The highest BCUT2D eigenvalue weighted by Gasteiger charge is 2.31. The Morgan fingerprint density at radius 3 is 2.69 bits per heavy atom. The van der Waals surface area contributed by atoms with E-state index in [1.165, 1.54) is 10.5 Å². The number of ether oxygens (including phenoxy) is 1. The molecule has 0 aromatic heterocycles. The lowest BCUT2D eigenvalue weighted by Crippen LogP contribution is -2.88. The highest BCUT2D eigenvalue weighted by atomic mass is 32.2. The minimum absolute atomic E-state index is 0.0276. The summed E-state index contributed by atoms with van der Waals surface area (Å²) in [6, 6.07) is 25.9. The van der Waals surface area contributed by atoms with Gasteiger partial charge in [-0.3, -0.25) is 4.79 Å². The smallest absolute Gasteiger partial charge is 0.287 e. The van der Waals surface area contributed by atoms with Gasteiger partial charge in [-0.2, -0.15) is 0 Å². The molecule has 3 aromatic carbocycles. The van der Waals surface area contributed by atoms with Gasteiger partial charge in [0.1, 0.15) is 11.8 Å². The second kappa shape index (κ2) is 9.16. The van der Waals surface area contributed by atoms with E-state index in [0.717, 1.165) is 29.2 Å². The van der Waals surface area contributed by atoms with Crippen LogP contribution >= 0.6 is 11.8 Å². The molecule has 0 bridgehead atoms. The molecule has 4 nitrogen and oxygen atoms in total. The Hall–Kier alpha value is -2.76. The number of nitrogens with one attached hydrogen (secondary N) is 1. The fourth-order valence-electron chi connectivity index (χ4n) is 3.73. The monoisotopic (exact) mass is 405 g/mol. The van der Waals surface area contributed by atoms with Crippen molar-refractivity contribution in [2.45, 2.75) is 23.4 Å². The van der Waals surface area contributed by atoms with Crippen LogP contribution in [0.3, 0.4) is 0 Å². The molecule has 0 spiro atoms. The van der Waals surface area contributed by atoms with Crippen molar-refractivity contribution in [1.29, 1.82) is 0 Å². The van der Waals surface area contributed by atoms with Gasteiger partial charge in [-0.25, -0.2) is 0 Å². The number of anilines is 1. The van der Waals surface area contributed by atoms with Gasteiger partial charge in [0, 0.05) is 39.9 Å². The number of rotatable bonds is 6. The van der Waals surface area contributed by atoms with Crippen LogP contribution in [-0.2, 0) is 4.79 Å². The van der Waals surface area contributed by atoms with Gasteiger partial charge in [-0.1, -0.05) is 54.6 Å². The van der Waals surface area contributed by atoms with Crippen molar-refractivity contribution < 1.29 is 14.8 Å². The number of nitrogens with two attached hydrogens (primary N) is 1. The van der Waals surface area contributed by atoms with Crippen LogP contribution in [-0.4, -0.2) is 18.8 Å². The summed E-state index contributed by atoms with van der Waals surface area (Å²) in [5.74, 6) is 1.76. The van der Waals surface area contributed by atoms with Crippen LogP contribution in [0.4, 0.5) is 5.69 Å². The number of carbonyl (C=O) groups is 1. The maximum Gasteiger partial charge on any atom is 0.287 e. The lowest BCUT2D eigenvalue weighted by Gasteiger charge is -2.27. The summed E-state index contributed by atoms with van der Waals surface area (Å²) in [5.41, 5.74) is 3.06. The number of carbonyl (C=O) groups excluding carboxylic acids is 1. The molecular formula is C24H25N2O2S+. The van der Waals surface area contributed by atoms with E-state index in [1.54, 1.807) is 7.11 Å². The molecule has 148 valence electrons. The first-order chi connectivity index (χ1) is 14.2. The van der Waals surface area contributed by atoms with Gasteiger partial charge < -0.3 is 15.4 Å². The first-order valence-corrected chi connectivity index (χ1v) is 10.8.